The van der Waals surface area contributed by atoms with Crippen LogP contribution in [0.5, 0.6) is 0 Å². The molecule has 0 unspecified atom stereocenters. The number of amides is 1. The summed E-state index contributed by atoms with van der Waals surface area (Å²) in [7, 11) is 0. The summed E-state index contributed by atoms with van der Waals surface area (Å²) in [5.74, 6) is -0.591. The molecule has 24 heavy (non-hydrogen) atoms. The fourth-order valence-corrected chi connectivity index (χ4v) is 2.44. The highest BCUT2D eigenvalue weighted by atomic mass is 19.1. The van der Waals surface area contributed by atoms with E-state index in [4.69, 9.17) is 0 Å². The van der Waals surface area contributed by atoms with Crippen LogP contribution < -0.4 is 5.32 Å². The summed E-state index contributed by atoms with van der Waals surface area (Å²) in [6, 6.07) is 17.4. The molecular formula is C19H18FN3O. The lowest BCUT2D eigenvalue weighted by Gasteiger charge is -2.07. The Bertz CT molecular complexity index is 843. The average Bonchev–Trinajstić information content (AvgIpc) is 3.06. The second-order valence-corrected chi connectivity index (χ2v) is 5.40. The minimum absolute atomic E-state index is 0.226. The molecule has 0 saturated heterocycles. The minimum atomic E-state index is -0.365. The topological polar surface area (TPSA) is 46.9 Å². The summed E-state index contributed by atoms with van der Waals surface area (Å²) in [5, 5.41) is 7.30. The van der Waals surface area contributed by atoms with Gasteiger partial charge in [-0.05, 0) is 36.8 Å². The molecule has 0 fully saturated rings. The molecule has 1 aromatic heterocycles. The SMILES string of the molecule is CCCNC(=O)c1cc(-c2ccccc2F)nn1-c1ccccc1. The van der Waals surface area contributed by atoms with Gasteiger partial charge in [0.15, 0.2) is 0 Å². The van der Waals surface area contributed by atoms with Gasteiger partial charge < -0.3 is 5.32 Å². The molecule has 122 valence electrons. The molecule has 1 N–H and O–H groups in total. The van der Waals surface area contributed by atoms with E-state index in [0.717, 1.165) is 12.1 Å². The van der Waals surface area contributed by atoms with E-state index in [2.05, 4.69) is 10.4 Å². The van der Waals surface area contributed by atoms with Crippen molar-refractivity contribution in [2.24, 2.45) is 0 Å². The van der Waals surface area contributed by atoms with E-state index >= 15 is 0 Å². The van der Waals surface area contributed by atoms with Crippen molar-refractivity contribution in [3.05, 3.63) is 72.2 Å². The van der Waals surface area contributed by atoms with Crippen LogP contribution >= 0.6 is 0 Å². The Morgan fingerprint density at radius 2 is 1.83 bits per heavy atom. The fourth-order valence-electron chi connectivity index (χ4n) is 2.44. The summed E-state index contributed by atoms with van der Waals surface area (Å²) < 4.78 is 15.6. The highest BCUT2D eigenvalue weighted by Gasteiger charge is 2.18. The summed E-state index contributed by atoms with van der Waals surface area (Å²) in [6.07, 6.45) is 0.839. The van der Waals surface area contributed by atoms with Crippen molar-refractivity contribution < 1.29 is 9.18 Å². The van der Waals surface area contributed by atoms with E-state index < -0.39 is 0 Å². The smallest absolute Gasteiger partial charge is 0.270 e. The maximum Gasteiger partial charge on any atom is 0.270 e. The molecule has 0 aliphatic heterocycles. The van der Waals surface area contributed by atoms with Gasteiger partial charge >= 0.3 is 0 Å². The summed E-state index contributed by atoms with van der Waals surface area (Å²) >= 11 is 0. The highest BCUT2D eigenvalue weighted by Crippen LogP contribution is 2.24. The predicted molar refractivity (Wildman–Crippen MR) is 91.6 cm³/mol. The monoisotopic (exact) mass is 323 g/mol. The van der Waals surface area contributed by atoms with Crippen LogP contribution in [0.1, 0.15) is 23.8 Å². The third-order valence-electron chi connectivity index (χ3n) is 3.63. The molecular weight excluding hydrogens is 305 g/mol. The van der Waals surface area contributed by atoms with Crippen molar-refractivity contribution in [2.45, 2.75) is 13.3 Å². The van der Waals surface area contributed by atoms with Gasteiger partial charge in [-0.15, -0.1) is 0 Å². The maximum absolute atomic E-state index is 14.1. The summed E-state index contributed by atoms with van der Waals surface area (Å²) in [6.45, 7) is 2.56. The Kier molecular flexibility index (Phi) is 4.70. The molecule has 2 aromatic carbocycles. The third-order valence-corrected chi connectivity index (χ3v) is 3.63. The second kappa shape index (κ2) is 7.08. The Morgan fingerprint density at radius 3 is 2.54 bits per heavy atom. The van der Waals surface area contributed by atoms with Gasteiger partial charge in [-0.25, -0.2) is 9.07 Å². The van der Waals surface area contributed by atoms with Gasteiger partial charge in [0.1, 0.15) is 11.5 Å². The quantitative estimate of drug-likeness (QED) is 0.776. The Morgan fingerprint density at radius 1 is 1.12 bits per heavy atom. The zero-order valence-electron chi connectivity index (χ0n) is 13.4. The van der Waals surface area contributed by atoms with Crippen LogP contribution in [0.15, 0.2) is 60.7 Å². The van der Waals surface area contributed by atoms with Gasteiger partial charge in [0.25, 0.3) is 5.91 Å². The van der Waals surface area contributed by atoms with Gasteiger partial charge in [-0.2, -0.15) is 5.10 Å². The highest BCUT2D eigenvalue weighted by molar-refractivity contribution is 5.94. The predicted octanol–water partition coefficient (Wildman–Crippen LogP) is 3.82. The first kappa shape index (κ1) is 15.9. The van der Waals surface area contributed by atoms with Crippen LogP contribution in [0.2, 0.25) is 0 Å². The standard InChI is InChI=1S/C19H18FN3O/c1-2-12-21-19(24)18-13-17(15-10-6-7-11-16(15)20)22-23(18)14-8-4-3-5-9-14/h3-11,13H,2,12H2,1H3,(H,21,24). The number of hydrogen-bond donors (Lipinski definition) is 1. The Labute approximate surface area is 139 Å². The van der Waals surface area contributed by atoms with Crippen molar-refractivity contribution in [1.82, 2.24) is 15.1 Å². The largest absolute Gasteiger partial charge is 0.351 e. The lowest BCUT2D eigenvalue weighted by atomic mass is 10.1. The molecule has 0 spiro atoms. The number of nitrogens with zero attached hydrogens (tertiary/aromatic N) is 2. The van der Waals surface area contributed by atoms with Gasteiger partial charge in [-0.1, -0.05) is 37.3 Å². The van der Waals surface area contributed by atoms with Crippen molar-refractivity contribution in [2.75, 3.05) is 6.54 Å². The number of nitrogens with one attached hydrogen (secondary N) is 1. The molecule has 0 aliphatic carbocycles. The van der Waals surface area contributed by atoms with Crippen LogP contribution in [0.4, 0.5) is 4.39 Å². The number of benzene rings is 2. The van der Waals surface area contributed by atoms with Crippen LogP contribution in [-0.2, 0) is 0 Å². The Balaban J connectivity index is 2.09. The first-order chi connectivity index (χ1) is 11.7. The van der Waals surface area contributed by atoms with Crippen LogP contribution in [0.25, 0.3) is 16.9 Å². The molecule has 1 heterocycles. The number of halogens is 1. The van der Waals surface area contributed by atoms with E-state index in [-0.39, 0.29) is 11.7 Å². The molecule has 4 nitrogen and oxygen atoms in total. The first-order valence-electron chi connectivity index (χ1n) is 7.89. The number of hydrogen-bond acceptors (Lipinski definition) is 2. The van der Waals surface area contributed by atoms with Crippen molar-refractivity contribution in [1.29, 1.82) is 0 Å². The van der Waals surface area contributed by atoms with Crippen molar-refractivity contribution in [3.8, 4) is 16.9 Å². The van der Waals surface area contributed by atoms with E-state index in [1.807, 2.05) is 37.3 Å². The van der Waals surface area contributed by atoms with Crippen LogP contribution in [-0.4, -0.2) is 22.2 Å². The molecule has 5 heteroatoms. The average molecular weight is 323 g/mol. The molecule has 1 amide bonds. The fraction of sp³-hybridized carbons (Fsp3) is 0.158. The molecule has 0 radical (unpaired) electrons. The van der Waals surface area contributed by atoms with E-state index in [1.54, 1.807) is 28.9 Å². The lowest BCUT2D eigenvalue weighted by molar-refractivity contribution is 0.0946. The maximum atomic E-state index is 14.1. The minimum Gasteiger partial charge on any atom is -0.351 e. The van der Waals surface area contributed by atoms with Gasteiger partial charge in [-0.3, -0.25) is 4.79 Å². The molecule has 0 bridgehead atoms. The molecule has 0 atom stereocenters. The zero-order chi connectivity index (χ0) is 16.9. The number of para-hydroxylation sites is 1. The first-order valence-corrected chi connectivity index (χ1v) is 7.89. The van der Waals surface area contributed by atoms with Crippen molar-refractivity contribution in [3.63, 3.8) is 0 Å². The van der Waals surface area contributed by atoms with E-state index in [9.17, 15) is 9.18 Å². The van der Waals surface area contributed by atoms with Gasteiger partial charge in [0, 0.05) is 12.1 Å². The second-order valence-electron chi connectivity index (χ2n) is 5.40. The number of carbonyl (C=O) groups excluding carboxylic acids is 1. The summed E-state index contributed by atoms with van der Waals surface area (Å²) in [5.41, 5.74) is 1.94. The lowest BCUT2D eigenvalue weighted by Crippen LogP contribution is -2.26. The van der Waals surface area contributed by atoms with Gasteiger partial charge in [0.05, 0.1) is 11.4 Å². The summed E-state index contributed by atoms with van der Waals surface area (Å²) in [4.78, 5) is 12.5. The van der Waals surface area contributed by atoms with Gasteiger partial charge in [0.2, 0.25) is 0 Å². The number of aromatic nitrogens is 2. The van der Waals surface area contributed by atoms with Crippen molar-refractivity contribution >= 4 is 5.91 Å². The molecule has 3 aromatic rings. The Hall–Kier alpha value is -2.95. The molecule has 0 aliphatic rings. The number of carbonyl (C=O) groups is 1. The number of rotatable bonds is 5. The normalized spacial score (nSPS) is 10.6. The van der Waals surface area contributed by atoms with E-state index in [0.29, 0.717) is 23.5 Å². The third kappa shape index (κ3) is 3.20. The molecule has 0 saturated carbocycles. The zero-order valence-corrected chi connectivity index (χ0v) is 13.4. The van der Waals surface area contributed by atoms with Crippen LogP contribution in [0, 0.1) is 5.82 Å². The molecule has 3 rings (SSSR count). The van der Waals surface area contributed by atoms with E-state index in [1.165, 1.54) is 6.07 Å². The van der Waals surface area contributed by atoms with Crippen LogP contribution in [0.3, 0.4) is 0 Å².